The molecule has 0 spiro atoms. The number of hydrogen-bond acceptors (Lipinski definition) is 4. The van der Waals surface area contributed by atoms with Gasteiger partial charge in [-0.2, -0.15) is 5.10 Å². The fourth-order valence-corrected chi connectivity index (χ4v) is 2.79. The standard InChI is InChI=1S/C20H16FN5O/c1-13-2-3-14(8-23-13)9-24-20(27)18-10-22-12-19-17(18)11-25-26(19)16-6-4-15(21)5-7-16/h2-8,10-12H,9H2,1H3,(H,24,27). The van der Waals surface area contributed by atoms with E-state index in [2.05, 4.69) is 20.4 Å². The van der Waals surface area contributed by atoms with Crippen molar-refractivity contribution in [1.82, 2.24) is 25.1 Å². The molecule has 1 aromatic carbocycles. The van der Waals surface area contributed by atoms with E-state index in [1.807, 2.05) is 19.1 Å². The van der Waals surface area contributed by atoms with Gasteiger partial charge >= 0.3 is 0 Å². The Labute approximate surface area is 154 Å². The van der Waals surface area contributed by atoms with Crippen molar-refractivity contribution in [1.29, 1.82) is 0 Å². The van der Waals surface area contributed by atoms with E-state index >= 15 is 0 Å². The largest absolute Gasteiger partial charge is 0.348 e. The highest BCUT2D eigenvalue weighted by Gasteiger charge is 2.14. The smallest absolute Gasteiger partial charge is 0.253 e. The highest BCUT2D eigenvalue weighted by molar-refractivity contribution is 6.05. The number of fused-ring (bicyclic) bond motifs is 1. The fraction of sp³-hybridized carbons (Fsp3) is 0.100. The quantitative estimate of drug-likeness (QED) is 0.606. The summed E-state index contributed by atoms with van der Waals surface area (Å²) in [5.74, 6) is -0.564. The van der Waals surface area contributed by atoms with E-state index in [-0.39, 0.29) is 11.7 Å². The number of carbonyl (C=O) groups is 1. The summed E-state index contributed by atoms with van der Waals surface area (Å²) >= 11 is 0. The third kappa shape index (κ3) is 3.39. The Bertz CT molecular complexity index is 1100. The third-order valence-corrected chi connectivity index (χ3v) is 4.24. The van der Waals surface area contributed by atoms with Crippen LogP contribution in [0.15, 0.2) is 61.2 Å². The van der Waals surface area contributed by atoms with Gasteiger partial charge < -0.3 is 5.32 Å². The van der Waals surface area contributed by atoms with Gasteiger partial charge in [0, 0.05) is 30.0 Å². The molecule has 0 saturated carbocycles. The van der Waals surface area contributed by atoms with Gasteiger partial charge in [-0.3, -0.25) is 14.8 Å². The molecule has 1 N–H and O–H groups in total. The number of nitrogens with zero attached hydrogens (tertiary/aromatic N) is 4. The highest BCUT2D eigenvalue weighted by atomic mass is 19.1. The molecular weight excluding hydrogens is 345 g/mol. The molecule has 3 aromatic heterocycles. The van der Waals surface area contributed by atoms with Crippen LogP contribution in [-0.2, 0) is 6.54 Å². The van der Waals surface area contributed by atoms with Crippen molar-refractivity contribution in [3.05, 3.63) is 83.8 Å². The molecule has 7 heteroatoms. The molecule has 6 nitrogen and oxygen atoms in total. The topological polar surface area (TPSA) is 72.7 Å². The summed E-state index contributed by atoms with van der Waals surface area (Å²) in [6.45, 7) is 2.28. The molecule has 0 bridgehead atoms. The number of amides is 1. The molecule has 0 aliphatic heterocycles. The summed E-state index contributed by atoms with van der Waals surface area (Å²) in [7, 11) is 0. The number of rotatable bonds is 4. The summed E-state index contributed by atoms with van der Waals surface area (Å²) in [5, 5.41) is 7.88. The summed E-state index contributed by atoms with van der Waals surface area (Å²) in [4.78, 5) is 21.0. The Morgan fingerprint density at radius 2 is 1.89 bits per heavy atom. The first-order valence-corrected chi connectivity index (χ1v) is 8.39. The molecule has 0 radical (unpaired) electrons. The van der Waals surface area contributed by atoms with Gasteiger partial charge in [-0.25, -0.2) is 9.07 Å². The van der Waals surface area contributed by atoms with Crippen molar-refractivity contribution in [2.75, 3.05) is 0 Å². The molecule has 3 heterocycles. The highest BCUT2D eigenvalue weighted by Crippen LogP contribution is 2.21. The number of aryl methyl sites for hydroxylation is 1. The number of pyridine rings is 2. The van der Waals surface area contributed by atoms with Crippen LogP contribution in [0.3, 0.4) is 0 Å². The monoisotopic (exact) mass is 361 g/mol. The predicted octanol–water partition coefficient (Wildman–Crippen LogP) is 3.19. The van der Waals surface area contributed by atoms with Crippen molar-refractivity contribution in [2.24, 2.45) is 0 Å². The average Bonchev–Trinajstić information content (AvgIpc) is 3.12. The second-order valence-electron chi connectivity index (χ2n) is 6.14. The molecule has 0 aliphatic rings. The Balaban J connectivity index is 1.61. The van der Waals surface area contributed by atoms with E-state index in [1.165, 1.54) is 18.3 Å². The van der Waals surface area contributed by atoms with Crippen LogP contribution < -0.4 is 5.32 Å². The lowest BCUT2D eigenvalue weighted by Crippen LogP contribution is -2.23. The van der Waals surface area contributed by atoms with Crippen molar-refractivity contribution < 1.29 is 9.18 Å². The Morgan fingerprint density at radius 1 is 1.07 bits per heavy atom. The number of nitrogens with one attached hydrogen (secondary N) is 1. The molecule has 4 aromatic rings. The summed E-state index contributed by atoms with van der Waals surface area (Å²) in [5.41, 5.74) is 3.63. The maximum absolute atomic E-state index is 13.2. The van der Waals surface area contributed by atoms with Gasteiger partial charge in [-0.05, 0) is 42.8 Å². The minimum absolute atomic E-state index is 0.243. The first-order valence-electron chi connectivity index (χ1n) is 8.39. The molecular formula is C20H16FN5O. The summed E-state index contributed by atoms with van der Waals surface area (Å²) in [6, 6.07) is 9.80. The van der Waals surface area contributed by atoms with Gasteiger partial charge in [0.05, 0.1) is 29.2 Å². The lowest BCUT2D eigenvalue weighted by Gasteiger charge is -2.07. The van der Waals surface area contributed by atoms with E-state index in [0.717, 1.165) is 11.3 Å². The van der Waals surface area contributed by atoms with Gasteiger partial charge in [0.25, 0.3) is 5.91 Å². The molecule has 134 valence electrons. The Morgan fingerprint density at radius 3 is 2.63 bits per heavy atom. The molecule has 0 fully saturated rings. The first kappa shape index (κ1) is 16.8. The van der Waals surface area contributed by atoms with E-state index in [4.69, 9.17) is 0 Å². The number of carbonyl (C=O) groups excluding carboxylic acids is 1. The van der Waals surface area contributed by atoms with Gasteiger partial charge in [-0.15, -0.1) is 0 Å². The van der Waals surface area contributed by atoms with Crippen molar-refractivity contribution >= 4 is 16.8 Å². The fourth-order valence-electron chi connectivity index (χ4n) is 2.79. The molecule has 4 rings (SSSR count). The molecule has 0 aliphatic carbocycles. The van der Waals surface area contributed by atoms with Crippen LogP contribution in [-0.4, -0.2) is 25.7 Å². The van der Waals surface area contributed by atoms with Gasteiger partial charge in [0.1, 0.15) is 5.82 Å². The van der Waals surface area contributed by atoms with Crippen LogP contribution in [0, 0.1) is 12.7 Å². The number of benzene rings is 1. The van der Waals surface area contributed by atoms with Gasteiger partial charge in [0.15, 0.2) is 0 Å². The van der Waals surface area contributed by atoms with Crippen LogP contribution in [0.25, 0.3) is 16.6 Å². The van der Waals surface area contributed by atoms with Crippen LogP contribution in [0.2, 0.25) is 0 Å². The normalized spacial score (nSPS) is 10.9. The second-order valence-corrected chi connectivity index (χ2v) is 6.14. The zero-order valence-electron chi connectivity index (χ0n) is 14.6. The van der Waals surface area contributed by atoms with E-state index in [9.17, 15) is 9.18 Å². The first-order chi connectivity index (χ1) is 13.1. The van der Waals surface area contributed by atoms with Gasteiger partial charge in [0.2, 0.25) is 0 Å². The molecule has 0 saturated heterocycles. The van der Waals surface area contributed by atoms with Crippen LogP contribution in [0.4, 0.5) is 4.39 Å². The van der Waals surface area contributed by atoms with Crippen LogP contribution >= 0.6 is 0 Å². The van der Waals surface area contributed by atoms with Gasteiger partial charge in [-0.1, -0.05) is 6.07 Å². The summed E-state index contributed by atoms with van der Waals surface area (Å²) in [6.07, 6.45) is 6.50. The number of hydrogen-bond donors (Lipinski definition) is 1. The molecule has 0 atom stereocenters. The SMILES string of the molecule is Cc1ccc(CNC(=O)c2cncc3c2cnn3-c2ccc(F)cc2)cn1. The third-order valence-electron chi connectivity index (χ3n) is 4.24. The zero-order valence-corrected chi connectivity index (χ0v) is 14.6. The van der Waals surface area contributed by atoms with Crippen molar-refractivity contribution in [3.8, 4) is 5.69 Å². The van der Waals surface area contributed by atoms with E-state index < -0.39 is 0 Å². The van der Waals surface area contributed by atoms with Crippen molar-refractivity contribution in [2.45, 2.75) is 13.5 Å². The predicted molar refractivity (Wildman–Crippen MR) is 99.0 cm³/mol. The molecule has 1 amide bonds. The Hall–Kier alpha value is -3.61. The minimum Gasteiger partial charge on any atom is -0.348 e. The maximum Gasteiger partial charge on any atom is 0.253 e. The maximum atomic E-state index is 13.2. The number of halogens is 1. The average molecular weight is 361 g/mol. The van der Waals surface area contributed by atoms with E-state index in [1.54, 1.807) is 35.4 Å². The molecule has 27 heavy (non-hydrogen) atoms. The van der Waals surface area contributed by atoms with E-state index in [0.29, 0.717) is 28.7 Å². The number of aromatic nitrogens is 4. The zero-order chi connectivity index (χ0) is 18.8. The van der Waals surface area contributed by atoms with Crippen LogP contribution in [0.5, 0.6) is 0 Å². The van der Waals surface area contributed by atoms with Crippen molar-refractivity contribution in [3.63, 3.8) is 0 Å². The van der Waals surface area contributed by atoms with Crippen LogP contribution in [0.1, 0.15) is 21.6 Å². The minimum atomic E-state index is -0.320. The summed E-state index contributed by atoms with van der Waals surface area (Å²) < 4.78 is 14.8. The second kappa shape index (κ2) is 6.95. The lowest BCUT2D eigenvalue weighted by molar-refractivity contribution is 0.0952. The molecule has 0 unspecified atom stereocenters. The lowest BCUT2D eigenvalue weighted by atomic mass is 10.1. The Kier molecular flexibility index (Phi) is 4.33.